The highest BCUT2D eigenvalue weighted by atomic mass is 16.5. The highest BCUT2D eigenvalue weighted by molar-refractivity contribution is 5.76. The molecule has 0 atom stereocenters. The van der Waals surface area contributed by atoms with Crippen LogP contribution in [0.5, 0.6) is 0 Å². The van der Waals surface area contributed by atoms with Crippen molar-refractivity contribution in [3.63, 3.8) is 0 Å². The SMILES string of the molecule is Cc1noc(C)c1CCC(=O)NC(CO)CO. The van der Waals surface area contributed by atoms with E-state index in [4.69, 9.17) is 14.7 Å². The van der Waals surface area contributed by atoms with E-state index in [0.29, 0.717) is 6.42 Å². The van der Waals surface area contributed by atoms with Crippen LogP contribution in [0.15, 0.2) is 4.52 Å². The molecule has 1 heterocycles. The summed E-state index contributed by atoms with van der Waals surface area (Å²) < 4.78 is 4.99. The number of aromatic nitrogens is 1. The smallest absolute Gasteiger partial charge is 0.220 e. The number of aryl methyl sites for hydroxylation is 2. The number of nitrogens with one attached hydrogen (secondary N) is 1. The van der Waals surface area contributed by atoms with Crippen LogP contribution in [-0.2, 0) is 11.2 Å². The summed E-state index contributed by atoms with van der Waals surface area (Å²) in [6.45, 7) is 3.09. The Hall–Kier alpha value is -1.40. The van der Waals surface area contributed by atoms with Gasteiger partial charge in [0.05, 0.1) is 24.9 Å². The van der Waals surface area contributed by atoms with E-state index in [9.17, 15) is 4.79 Å². The van der Waals surface area contributed by atoms with E-state index in [2.05, 4.69) is 10.5 Å². The van der Waals surface area contributed by atoms with Crippen LogP contribution in [0.4, 0.5) is 0 Å². The molecule has 0 unspecified atom stereocenters. The molecule has 0 aliphatic rings. The Morgan fingerprint density at radius 2 is 2.06 bits per heavy atom. The Kier molecular flexibility index (Phi) is 5.11. The summed E-state index contributed by atoms with van der Waals surface area (Å²) in [5, 5.41) is 24.0. The van der Waals surface area contributed by atoms with Crippen molar-refractivity contribution in [1.82, 2.24) is 10.5 Å². The van der Waals surface area contributed by atoms with Gasteiger partial charge in [0.2, 0.25) is 5.91 Å². The van der Waals surface area contributed by atoms with E-state index in [0.717, 1.165) is 17.0 Å². The zero-order valence-corrected chi connectivity index (χ0v) is 10.1. The molecule has 0 saturated heterocycles. The van der Waals surface area contributed by atoms with Crippen molar-refractivity contribution < 1.29 is 19.5 Å². The van der Waals surface area contributed by atoms with Crippen LogP contribution < -0.4 is 5.32 Å². The summed E-state index contributed by atoms with van der Waals surface area (Å²) in [5.74, 6) is 0.509. The van der Waals surface area contributed by atoms with E-state index in [1.807, 2.05) is 6.92 Å². The molecule has 0 radical (unpaired) electrons. The lowest BCUT2D eigenvalue weighted by Gasteiger charge is -2.12. The molecule has 1 aromatic heterocycles. The molecule has 0 spiro atoms. The zero-order valence-electron chi connectivity index (χ0n) is 10.1. The van der Waals surface area contributed by atoms with Crippen LogP contribution in [0.1, 0.15) is 23.4 Å². The number of nitrogens with zero attached hydrogens (tertiary/aromatic N) is 1. The fourth-order valence-electron chi connectivity index (χ4n) is 1.55. The average molecular weight is 242 g/mol. The van der Waals surface area contributed by atoms with E-state index >= 15 is 0 Å². The van der Waals surface area contributed by atoms with Gasteiger partial charge in [-0.25, -0.2) is 0 Å². The lowest BCUT2D eigenvalue weighted by Crippen LogP contribution is -2.40. The Balaban J connectivity index is 2.43. The molecule has 0 saturated carbocycles. The highest BCUT2D eigenvalue weighted by Gasteiger charge is 2.13. The molecule has 3 N–H and O–H groups in total. The van der Waals surface area contributed by atoms with Crippen LogP contribution in [-0.4, -0.2) is 40.5 Å². The van der Waals surface area contributed by atoms with Crippen molar-refractivity contribution in [2.45, 2.75) is 32.7 Å². The zero-order chi connectivity index (χ0) is 12.8. The third-order valence-electron chi connectivity index (χ3n) is 2.59. The fraction of sp³-hybridized carbons (Fsp3) is 0.636. The fourth-order valence-corrected chi connectivity index (χ4v) is 1.55. The van der Waals surface area contributed by atoms with Gasteiger partial charge in [-0.3, -0.25) is 4.79 Å². The van der Waals surface area contributed by atoms with Gasteiger partial charge < -0.3 is 20.1 Å². The first-order chi connectivity index (χ1) is 8.08. The number of hydrogen-bond acceptors (Lipinski definition) is 5. The van der Waals surface area contributed by atoms with Gasteiger partial charge in [-0.2, -0.15) is 0 Å². The number of aliphatic hydroxyl groups is 2. The van der Waals surface area contributed by atoms with Crippen molar-refractivity contribution >= 4 is 5.91 Å². The molecule has 1 amide bonds. The molecule has 6 nitrogen and oxygen atoms in total. The first kappa shape index (κ1) is 13.7. The van der Waals surface area contributed by atoms with Crippen LogP contribution >= 0.6 is 0 Å². The summed E-state index contributed by atoms with van der Waals surface area (Å²) in [7, 11) is 0. The molecule has 96 valence electrons. The lowest BCUT2D eigenvalue weighted by molar-refractivity contribution is -0.122. The van der Waals surface area contributed by atoms with Gasteiger partial charge in [0.1, 0.15) is 5.76 Å². The predicted octanol–water partition coefficient (Wildman–Crippen LogP) is -0.307. The topological polar surface area (TPSA) is 95.6 Å². The molecule has 0 aliphatic carbocycles. The Morgan fingerprint density at radius 3 is 2.53 bits per heavy atom. The minimum absolute atomic E-state index is 0.210. The third-order valence-corrected chi connectivity index (χ3v) is 2.59. The number of carbonyl (C=O) groups is 1. The lowest BCUT2D eigenvalue weighted by atomic mass is 10.1. The number of amides is 1. The van der Waals surface area contributed by atoms with E-state index in [-0.39, 0.29) is 25.5 Å². The van der Waals surface area contributed by atoms with E-state index < -0.39 is 6.04 Å². The standard InChI is InChI=1S/C11H18N2O4/c1-7-10(8(2)17-13-7)3-4-11(16)12-9(5-14)6-15/h9,14-15H,3-6H2,1-2H3,(H,12,16). The Labute approximate surface area is 99.6 Å². The predicted molar refractivity (Wildman–Crippen MR) is 60.4 cm³/mol. The van der Waals surface area contributed by atoms with E-state index in [1.54, 1.807) is 6.92 Å². The summed E-state index contributed by atoms with van der Waals surface area (Å²) >= 11 is 0. The minimum Gasteiger partial charge on any atom is -0.394 e. The Morgan fingerprint density at radius 1 is 1.41 bits per heavy atom. The highest BCUT2D eigenvalue weighted by Crippen LogP contribution is 2.14. The molecule has 0 fully saturated rings. The van der Waals surface area contributed by atoms with E-state index in [1.165, 1.54) is 0 Å². The van der Waals surface area contributed by atoms with Gasteiger partial charge >= 0.3 is 0 Å². The maximum Gasteiger partial charge on any atom is 0.220 e. The maximum absolute atomic E-state index is 11.5. The van der Waals surface area contributed by atoms with Crippen LogP contribution in [0.25, 0.3) is 0 Å². The van der Waals surface area contributed by atoms with Crippen molar-refractivity contribution in [3.8, 4) is 0 Å². The summed E-state index contributed by atoms with van der Waals surface area (Å²) in [6.07, 6.45) is 0.815. The van der Waals surface area contributed by atoms with Gasteiger partial charge in [0.25, 0.3) is 0 Å². The van der Waals surface area contributed by atoms with Gasteiger partial charge in [0, 0.05) is 12.0 Å². The molecular weight excluding hydrogens is 224 g/mol. The molecule has 0 aliphatic heterocycles. The van der Waals surface area contributed by atoms with Crippen molar-refractivity contribution in [2.75, 3.05) is 13.2 Å². The van der Waals surface area contributed by atoms with Crippen LogP contribution in [0.2, 0.25) is 0 Å². The van der Waals surface area contributed by atoms with Gasteiger partial charge in [-0.15, -0.1) is 0 Å². The number of carbonyl (C=O) groups excluding carboxylic acids is 1. The normalized spacial score (nSPS) is 10.9. The molecule has 1 aromatic rings. The van der Waals surface area contributed by atoms with Crippen molar-refractivity contribution in [1.29, 1.82) is 0 Å². The Bertz CT molecular complexity index is 352. The first-order valence-electron chi connectivity index (χ1n) is 5.51. The molecule has 6 heteroatoms. The summed E-state index contributed by atoms with van der Waals surface area (Å²) in [4.78, 5) is 11.5. The molecular formula is C11H18N2O4. The second kappa shape index (κ2) is 6.36. The quantitative estimate of drug-likeness (QED) is 0.636. The van der Waals surface area contributed by atoms with Gasteiger partial charge in [-0.05, 0) is 20.3 Å². The summed E-state index contributed by atoms with van der Waals surface area (Å²) in [6, 6.07) is -0.591. The van der Waals surface area contributed by atoms with Gasteiger partial charge in [0.15, 0.2) is 0 Å². The van der Waals surface area contributed by atoms with Crippen molar-refractivity contribution in [2.24, 2.45) is 0 Å². The first-order valence-corrected chi connectivity index (χ1v) is 5.51. The maximum atomic E-state index is 11.5. The average Bonchev–Trinajstić information content (AvgIpc) is 2.63. The number of hydrogen-bond donors (Lipinski definition) is 3. The third kappa shape index (κ3) is 3.83. The van der Waals surface area contributed by atoms with Crippen LogP contribution in [0, 0.1) is 13.8 Å². The minimum atomic E-state index is -0.591. The molecule has 1 rings (SSSR count). The number of aliphatic hydroxyl groups excluding tert-OH is 2. The van der Waals surface area contributed by atoms with Crippen LogP contribution in [0.3, 0.4) is 0 Å². The molecule has 17 heavy (non-hydrogen) atoms. The second-order valence-electron chi connectivity index (χ2n) is 3.93. The largest absolute Gasteiger partial charge is 0.394 e. The molecule has 0 aromatic carbocycles. The van der Waals surface area contributed by atoms with Gasteiger partial charge in [-0.1, -0.05) is 5.16 Å². The molecule has 0 bridgehead atoms. The summed E-state index contributed by atoms with van der Waals surface area (Å²) in [5.41, 5.74) is 1.72. The van der Waals surface area contributed by atoms with Crippen molar-refractivity contribution in [3.05, 3.63) is 17.0 Å². The second-order valence-corrected chi connectivity index (χ2v) is 3.93. The monoisotopic (exact) mass is 242 g/mol. The number of rotatable bonds is 6.